The Bertz CT molecular complexity index is 690. The zero-order valence-electron chi connectivity index (χ0n) is 15.4. The molecular weight excluding hydrogens is 346 g/mol. The number of rotatable bonds is 7. The minimum absolute atomic E-state index is 0.0932. The lowest BCUT2D eigenvalue weighted by Gasteiger charge is -2.23. The second-order valence-corrected chi connectivity index (χ2v) is 7.85. The van der Waals surface area contributed by atoms with Gasteiger partial charge in [0.1, 0.15) is 12.4 Å². The maximum Gasteiger partial charge on any atom is 0.224 e. The van der Waals surface area contributed by atoms with Crippen molar-refractivity contribution in [1.29, 1.82) is 0 Å². The molecule has 6 heteroatoms. The number of aliphatic imine (C=N–C) groups is 1. The number of nitrogens with one attached hydrogen (secondary N) is 1. The van der Waals surface area contributed by atoms with Crippen molar-refractivity contribution in [2.75, 3.05) is 31.6 Å². The van der Waals surface area contributed by atoms with Crippen LogP contribution in [0.1, 0.15) is 31.7 Å². The number of likely N-dealkylation sites (tertiary alicyclic amines) is 1. The fourth-order valence-corrected chi connectivity index (χ4v) is 3.91. The Morgan fingerprint density at radius 1 is 1.50 bits per heavy atom. The number of aryl methyl sites for hydroxylation is 1. The van der Waals surface area contributed by atoms with Gasteiger partial charge in [-0.15, -0.1) is 0 Å². The molecule has 0 saturated carbocycles. The molecule has 0 aliphatic carbocycles. The molecule has 2 aliphatic rings. The SMILES string of the molecule is C=CSC(C)=NCC1CCCN1CCOc1ccc2c(c1)CCC(=O)N2. The molecule has 1 amide bonds. The van der Waals surface area contributed by atoms with Crippen molar-refractivity contribution in [1.82, 2.24) is 4.90 Å². The van der Waals surface area contributed by atoms with E-state index >= 15 is 0 Å². The third-order valence-corrected chi connectivity index (χ3v) is 5.53. The summed E-state index contributed by atoms with van der Waals surface area (Å²) in [6.45, 7) is 9.33. The third-order valence-electron chi connectivity index (χ3n) is 4.90. The number of thioether (sulfide) groups is 1. The van der Waals surface area contributed by atoms with Crippen molar-refractivity contribution in [2.45, 2.75) is 38.6 Å². The Balaban J connectivity index is 1.47. The van der Waals surface area contributed by atoms with E-state index in [2.05, 4.69) is 27.9 Å². The van der Waals surface area contributed by atoms with E-state index in [1.165, 1.54) is 12.8 Å². The van der Waals surface area contributed by atoms with Gasteiger partial charge in [-0.2, -0.15) is 0 Å². The molecule has 1 N–H and O–H groups in total. The van der Waals surface area contributed by atoms with Crippen LogP contribution in [0, 0.1) is 0 Å². The van der Waals surface area contributed by atoms with Gasteiger partial charge >= 0.3 is 0 Å². The van der Waals surface area contributed by atoms with Gasteiger partial charge in [0.05, 0.1) is 11.6 Å². The summed E-state index contributed by atoms with van der Waals surface area (Å²) in [5.41, 5.74) is 2.07. The van der Waals surface area contributed by atoms with Gasteiger partial charge in [-0.25, -0.2) is 0 Å². The van der Waals surface area contributed by atoms with Crippen molar-refractivity contribution in [3.8, 4) is 5.75 Å². The smallest absolute Gasteiger partial charge is 0.224 e. The first-order valence-corrected chi connectivity index (χ1v) is 10.1. The van der Waals surface area contributed by atoms with Gasteiger partial charge in [0.15, 0.2) is 0 Å². The first-order valence-electron chi connectivity index (χ1n) is 9.24. The number of hydrogen-bond acceptors (Lipinski definition) is 5. The highest BCUT2D eigenvalue weighted by Gasteiger charge is 2.24. The summed E-state index contributed by atoms with van der Waals surface area (Å²) >= 11 is 1.59. The number of anilines is 1. The van der Waals surface area contributed by atoms with Gasteiger partial charge in [-0.05, 0) is 61.9 Å². The largest absolute Gasteiger partial charge is 0.492 e. The van der Waals surface area contributed by atoms with Gasteiger partial charge < -0.3 is 10.1 Å². The highest BCUT2D eigenvalue weighted by molar-refractivity contribution is 8.16. The molecule has 3 rings (SSSR count). The maximum atomic E-state index is 11.4. The Labute approximate surface area is 159 Å². The van der Waals surface area contributed by atoms with Crippen molar-refractivity contribution in [3.63, 3.8) is 0 Å². The van der Waals surface area contributed by atoms with E-state index in [1.54, 1.807) is 11.8 Å². The zero-order chi connectivity index (χ0) is 18.4. The average molecular weight is 374 g/mol. The molecule has 0 bridgehead atoms. The molecule has 1 aromatic carbocycles. The molecule has 1 fully saturated rings. The molecule has 1 atom stereocenters. The number of amides is 1. The summed E-state index contributed by atoms with van der Waals surface area (Å²) in [4.78, 5) is 18.6. The van der Waals surface area contributed by atoms with Crippen LogP contribution in [-0.4, -0.2) is 48.1 Å². The third kappa shape index (κ3) is 5.11. The average Bonchev–Trinajstić information content (AvgIpc) is 3.08. The number of fused-ring (bicyclic) bond motifs is 1. The monoisotopic (exact) mass is 373 g/mol. The van der Waals surface area contributed by atoms with Crippen LogP contribution in [0.3, 0.4) is 0 Å². The Hall–Kier alpha value is -1.79. The molecule has 26 heavy (non-hydrogen) atoms. The fraction of sp³-hybridized carbons (Fsp3) is 0.500. The van der Waals surface area contributed by atoms with E-state index in [0.29, 0.717) is 19.1 Å². The predicted molar refractivity (Wildman–Crippen MR) is 109 cm³/mol. The second-order valence-electron chi connectivity index (χ2n) is 6.69. The summed E-state index contributed by atoms with van der Waals surface area (Å²) < 4.78 is 5.97. The van der Waals surface area contributed by atoms with E-state index in [9.17, 15) is 4.79 Å². The minimum Gasteiger partial charge on any atom is -0.492 e. The number of carbonyl (C=O) groups excluding carboxylic acids is 1. The maximum absolute atomic E-state index is 11.4. The molecule has 5 nitrogen and oxygen atoms in total. The van der Waals surface area contributed by atoms with Crippen LogP contribution in [0.2, 0.25) is 0 Å². The Kier molecular flexibility index (Phi) is 6.74. The fourth-order valence-electron chi connectivity index (χ4n) is 3.52. The van der Waals surface area contributed by atoms with E-state index in [1.807, 2.05) is 24.5 Å². The molecule has 1 aromatic rings. The summed E-state index contributed by atoms with van der Waals surface area (Å²) in [7, 11) is 0. The number of hydrogen-bond donors (Lipinski definition) is 1. The Morgan fingerprint density at radius 2 is 2.38 bits per heavy atom. The Morgan fingerprint density at radius 3 is 3.23 bits per heavy atom. The van der Waals surface area contributed by atoms with Crippen LogP contribution < -0.4 is 10.1 Å². The normalized spacial score (nSPS) is 20.6. The molecule has 1 unspecified atom stereocenters. The quantitative estimate of drug-likeness (QED) is 0.585. The van der Waals surface area contributed by atoms with E-state index in [4.69, 9.17) is 4.74 Å². The standard InChI is InChI=1S/C20H27N3O2S/c1-3-26-15(2)21-14-17-5-4-10-23(17)11-12-25-18-7-8-19-16(13-18)6-9-20(24)22-19/h3,7-8,13,17H,1,4-6,9-12,14H2,2H3,(H,22,24). The number of nitrogens with zero attached hydrogens (tertiary/aromatic N) is 2. The molecule has 2 heterocycles. The van der Waals surface area contributed by atoms with Crippen LogP contribution in [-0.2, 0) is 11.2 Å². The highest BCUT2D eigenvalue weighted by atomic mass is 32.2. The van der Waals surface area contributed by atoms with Gasteiger partial charge in [0, 0.05) is 24.7 Å². The van der Waals surface area contributed by atoms with Crippen LogP contribution in [0.25, 0.3) is 0 Å². The van der Waals surface area contributed by atoms with Crippen LogP contribution in [0.15, 0.2) is 35.2 Å². The molecule has 0 spiro atoms. The lowest BCUT2D eigenvalue weighted by Crippen LogP contribution is -2.35. The van der Waals surface area contributed by atoms with Crippen LogP contribution >= 0.6 is 11.8 Å². The van der Waals surface area contributed by atoms with Crippen molar-refractivity contribution in [3.05, 3.63) is 35.7 Å². The highest BCUT2D eigenvalue weighted by Crippen LogP contribution is 2.27. The van der Waals surface area contributed by atoms with Crippen LogP contribution in [0.4, 0.5) is 5.69 Å². The zero-order valence-corrected chi connectivity index (χ0v) is 16.2. The first kappa shape index (κ1) is 19.0. The molecule has 2 aliphatic heterocycles. The molecule has 1 saturated heterocycles. The van der Waals surface area contributed by atoms with Gasteiger partial charge in [0.2, 0.25) is 5.91 Å². The predicted octanol–water partition coefficient (Wildman–Crippen LogP) is 3.71. The number of carbonyl (C=O) groups is 1. The molecular formula is C20H27N3O2S. The topological polar surface area (TPSA) is 53.9 Å². The van der Waals surface area contributed by atoms with Crippen molar-refractivity contribution >= 4 is 28.4 Å². The van der Waals surface area contributed by atoms with Gasteiger partial charge in [0.25, 0.3) is 0 Å². The van der Waals surface area contributed by atoms with Crippen LogP contribution in [0.5, 0.6) is 5.75 Å². The lowest BCUT2D eigenvalue weighted by molar-refractivity contribution is -0.116. The van der Waals surface area contributed by atoms with Crippen molar-refractivity contribution < 1.29 is 9.53 Å². The van der Waals surface area contributed by atoms with E-state index in [0.717, 1.165) is 48.1 Å². The summed E-state index contributed by atoms with van der Waals surface area (Å²) in [5, 5.41) is 5.80. The molecule has 0 aromatic heterocycles. The second kappa shape index (κ2) is 9.24. The summed E-state index contributed by atoms with van der Waals surface area (Å²) in [6, 6.07) is 6.44. The molecule has 140 valence electrons. The number of benzene rings is 1. The van der Waals surface area contributed by atoms with Crippen molar-refractivity contribution in [2.24, 2.45) is 4.99 Å². The van der Waals surface area contributed by atoms with Gasteiger partial charge in [-0.3, -0.25) is 14.7 Å². The lowest BCUT2D eigenvalue weighted by atomic mass is 10.0. The molecule has 0 radical (unpaired) electrons. The van der Waals surface area contributed by atoms with E-state index in [-0.39, 0.29) is 5.91 Å². The summed E-state index contributed by atoms with van der Waals surface area (Å²) in [6.07, 6.45) is 3.77. The van der Waals surface area contributed by atoms with E-state index < -0.39 is 0 Å². The summed E-state index contributed by atoms with van der Waals surface area (Å²) in [5.74, 6) is 0.975. The first-order chi connectivity index (χ1) is 12.7. The number of ether oxygens (including phenoxy) is 1. The van der Waals surface area contributed by atoms with Gasteiger partial charge in [-0.1, -0.05) is 18.3 Å². The minimum atomic E-state index is 0.0932.